The third kappa shape index (κ3) is 6.60. The second-order valence-electron chi connectivity index (χ2n) is 8.27. The van der Waals surface area contributed by atoms with E-state index in [2.05, 4.69) is 37.3 Å². The van der Waals surface area contributed by atoms with Crippen LogP contribution < -0.4 is 10.6 Å². The zero-order valence-electron chi connectivity index (χ0n) is 19.2. The number of amides is 1. The van der Waals surface area contributed by atoms with Gasteiger partial charge in [-0.05, 0) is 43.3 Å². The van der Waals surface area contributed by atoms with Gasteiger partial charge in [0.15, 0.2) is 5.82 Å². The second kappa shape index (κ2) is 11.5. The summed E-state index contributed by atoms with van der Waals surface area (Å²) in [6.07, 6.45) is 2.95. The van der Waals surface area contributed by atoms with Crippen LogP contribution in [0.4, 0.5) is 11.5 Å². The van der Waals surface area contributed by atoms with Crippen LogP contribution in [0.25, 0.3) is 11.4 Å². The first-order chi connectivity index (χ1) is 16.2. The fraction of sp³-hybridized carbons (Fsp3) is 0.346. The second-order valence-corrected chi connectivity index (χ2v) is 8.27. The Balaban J connectivity index is 1.25. The number of nitrogens with zero attached hydrogens (tertiary/aromatic N) is 4. The molecule has 1 amide bonds. The van der Waals surface area contributed by atoms with Gasteiger partial charge in [0.1, 0.15) is 5.82 Å². The smallest absolute Gasteiger partial charge is 0.251 e. The van der Waals surface area contributed by atoms with Crippen molar-refractivity contribution in [2.45, 2.75) is 13.3 Å². The first kappa shape index (κ1) is 22.9. The molecule has 0 aliphatic carbocycles. The van der Waals surface area contributed by atoms with Gasteiger partial charge in [0, 0.05) is 62.3 Å². The first-order valence-corrected chi connectivity index (χ1v) is 11.7. The van der Waals surface area contributed by atoms with Gasteiger partial charge in [0.25, 0.3) is 5.91 Å². The van der Waals surface area contributed by atoms with Gasteiger partial charge in [0.05, 0.1) is 0 Å². The van der Waals surface area contributed by atoms with Crippen molar-refractivity contribution in [1.29, 1.82) is 0 Å². The Bertz CT molecular complexity index is 1020. The Morgan fingerprint density at radius 3 is 2.30 bits per heavy atom. The summed E-state index contributed by atoms with van der Waals surface area (Å²) in [5.41, 5.74) is 2.49. The van der Waals surface area contributed by atoms with Crippen LogP contribution in [0, 0.1) is 0 Å². The van der Waals surface area contributed by atoms with Crippen LogP contribution >= 0.6 is 0 Å². The van der Waals surface area contributed by atoms with Crippen molar-refractivity contribution >= 4 is 17.4 Å². The summed E-state index contributed by atoms with van der Waals surface area (Å²) in [5, 5.41) is 6.33. The zero-order valence-corrected chi connectivity index (χ0v) is 19.2. The number of carbonyl (C=O) groups excluding carboxylic acids is 1. The Hall–Kier alpha value is -3.29. The van der Waals surface area contributed by atoms with E-state index in [1.807, 2.05) is 60.7 Å². The van der Waals surface area contributed by atoms with Gasteiger partial charge in [-0.1, -0.05) is 37.3 Å². The van der Waals surface area contributed by atoms with Crippen LogP contribution in [0.3, 0.4) is 0 Å². The van der Waals surface area contributed by atoms with Crippen molar-refractivity contribution in [1.82, 2.24) is 25.1 Å². The third-order valence-corrected chi connectivity index (χ3v) is 5.83. The number of aromatic nitrogens is 2. The minimum atomic E-state index is -0.0421. The molecule has 1 aromatic heterocycles. The van der Waals surface area contributed by atoms with Crippen molar-refractivity contribution in [2.24, 2.45) is 0 Å². The van der Waals surface area contributed by atoms with Gasteiger partial charge in [-0.15, -0.1) is 0 Å². The molecular formula is C26H32N6O. The molecule has 33 heavy (non-hydrogen) atoms. The molecule has 2 aromatic carbocycles. The number of benzene rings is 2. The van der Waals surface area contributed by atoms with Crippen molar-refractivity contribution in [3.63, 3.8) is 0 Å². The minimum absolute atomic E-state index is 0.0421. The molecule has 172 valence electrons. The number of hydrogen-bond donors (Lipinski definition) is 2. The number of piperazine rings is 1. The SMILES string of the molecule is CCCN1CCN(CCNC(=O)c2ccc(Nc3ccnc(-c4ccccc4)n3)cc2)CC1. The molecule has 0 atom stereocenters. The summed E-state index contributed by atoms with van der Waals surface area (Å²) in [4.78, 5) is 26.4. The van der Waals surface area contributed by atoms with E-state index in [1.54, 1.807) is 6.20 Å². The highest BCUT2D eigenvalue weighted by atomic mass is 16.1. The molecule has 0 radical (unpaired) electrons. The predicted octanol–water partition coefficient (Wildman–Crippen LogP) is 3.64. The lowest BCUT2D eigenvalue weighted by Gasteiger charge is -2.34. The summed E-state index contributed by atoms with van der Waals surface area (Å²) < 4.78 is 0. The Morgan fingerprint density at radius 1 is 0.909 bits per heavy atom. The molecule has 1 aliphatic heterocycles. The molecular weight excluding hydrogens is 412 g/mol. The van der Waals surface area contributed by atoms with E-state index < -0.39 is 0 Å². The van der Waals surface area contributed by atoms with E-state index in [-0.39, 0.29) is 5.91 Å². The van der Waals surface area contributed by atoms with E-state index in [4.69, 9.17) is 0 Å². The predicted molar refractivity (Wildman–Crippen MR) is 133 cm³/mol. The van der Waals surface area contributed by atoms with Crippen molar-refractivity contribution in [3.8, 4) is 11.4 Å². The van der Waals surface area contributed by atoms with Crippen LogP contribution in [-0.4, -0.2) is 71.5 Å². The lowest BCUT2D eigenvalue weighted by molar-refractivity contribution is 0.0936. The van der Waals surface area contributed by atoms with E-state index in [1.165, 1.54) is 13.0 Å². The highest BCUT2D eigenvalue weighted by Gasteiger charge is 2.16. The number of anilines is 2. The van der Waals surface area contributed by atoms with Gasteiger partial charge in [-0.3, -0.25) is 9.69 Å². The molecule has 0 spiro atoms. The topological polar surface area (TPSA) is 73.4 Å². The molecule has 1 saturated heterocycles. The summed E-state index contributed by atoms with van der Waals surface area (Å²) >= 11 is 0. The minimum Gasteiger partial charge on any atom is -0.351 e. The van der Waals surface area contributed by atoms with E-state index >= 15 is 0 Å². The maximum atomic E-state index is 12.5. The van der Waals surface area contributed by atoms with Crippen LogP contribution in [0.5, 0.6) is 0 Å². The van der Waals surface area contributed by atoms with Crippen LogP contribution in [-0.2, 0) is 0 Å². The monoisotopic (exact) mass is 444 g/mol. The maximum absolute atomic E-state index is 12.5. The number of rotatable bonds is 9. The van der Waals surface area contributed by atoms with Crippen molar-refractivity contribution < 1.29 is 4.79 Å². The molecule has 0 saturated carbocycles. The lowest BCUT2D eigenvalue weighted by atomic mass is 10.2. The van der Waals surface area contributed by atoms with Crippen molar-refractivity contribution in [2.75, 3.05) is 51.1 Å². The van der Waals surface area contributed by atoms with Crippen molar-refractivity contribution in [3.05, 3.63) is 72.4 Å². The number of hydrogen-bond acceptors (Lipinski definition) is 6. The van der Waals surface area contributed by atoms with Crippen LogP contribution in [0.1, 0.15) is 23.7 Å². The maximum Gasteiger partial charge on any atom is 0.251 e. The normalized spacial score (nSPS) is 14.7. The Kier molecular flexibility index (Phi) is 8.00. The lowest BCUT2D eigenvalue weighted by Crippen LogP contribution is -2.48. The molecule has 4 rings (SSSR count). The zero-order chi connectivity index (χ0) is 22.9. The molecule has 2 heterocycles. The highest BCUT2D eigenvalue weighted by molar-refractivity contribution is 5.94. The fourth-order valence-electron chi connectivity index (χ4n) is 3.99. The molecule has 1 aliphatic rings. The van der Waals surface area contributed by atoms with Gasteiger partial charge < -0.3 is 15.5 Å². The average molecular weight is 445 g/mol. The van der Waals surface area contributed by atoms with Crippen LogP contribution in [0.15, 0.2) is 66.9 Å². The molecule has 7 nitrogen and oxygen atoms in total. The van der Waals surface area contributed by atoms with Gasteiger partial charge >= 0.3 is 0 Å². The fourth-order valence-corrected chi connectivity index (χ4v) is 3.99. The van der Waals surface area contributed by atoms with Gasteiger partial charge in [0.2, 0.25) is 0 Å². The number of carbonyl (C=O) groups is 1. The molecule has 0 unspecified atom stereocenters. The highest BCUT2D eigenvalue weighted by Crippen LogP contribution is 2.19. The Morgan fingerprint density at radius 2 is 1.61 bits per heavy atom. The van der Waals surface area contributed by atoms with E-state index in [0.29, 0.717) is 23.8 Å². The molecule has 1 fully saturated rings. The standard InChI is InChI=1S/C26H32N6O/c1-2-15-31-17-19-32(20-18-31)16-14-28-26(33)22-8-10-23(11-9-22)29-24-12-13-27-25(30-24)21-6-4-3-5-7-21/h3-13H,2,14-20H2,1H3,(H,28,33)(H,27,29,30). The van der Waals surface area contributed by atoms with Gasteiger partial charge in [-0.2, -0.15) is 0 Å². The van der Waals surface area contributed by atoms with E-state index in [0.717, 1.165) is 44.0 Å². The van der Waals surface area contributed by atoms with Gasteiger partial charge in [-0.25, -0.2) is 9.97 Å². The number of nitrogens with one attached hydrogen (secondary N) is 2. The molecule has 3 aromatic rings. The average Bonchev–Trinajstić information content (AvgIpc) is 2.86. The summed E-state index contributed by atoms with van der Waals surface area (Å²) in [7, 11) is 0. The molecule has 7 heteroatoms. The van der Waals surface area contributed by atoms with E-state index in [9.17, 15) is 4.79 Å². The Labute approximate surface area is 195 Å². The quantitative estimate of drug-likeness (QED) is 0.525. The summed E-state index contributed by atoms with van der Waals surface area (Å²) in [6.45, 7) is 9.35. The summed E-state index contributed by atoms with van der Waals surface area (Å²) in [6, 6.07) is 19.2. The summed E-state index contributed by atoms with van der Waals surface area (Å²) in [5.74, 6) is 1.34. The molecule has 2 N–H and O–H groups in total. The first-order valence-electron chi connectivity index (χ1n) is 11.7. The molecule has 0 bridgehead atoms. The van der Waals surface area contributed by atoms with Crippen LogP contribution in [0.2, 0.25) is 0 Å². The largest absolute Gasteiger partial charge is 0.351 e. The third-order valence-electron chi connectivity index (χ3n) is 5.83.